The number of aliphatic hydroxyl groups is 1. The first kappa shape index (κ1) is 13.6. The third kappa shape index (κ3) is 2.85. The summed E-state index contributed by atoms with van der Waals surface area (Å²) in [6.45, 7) is 2.23. The first-order valence-corrected chi connectivity index (χ1v) is 7.75. The second-order valence-electron chi connectivity index (χ2n) is 6.27. The van der Waals surface area contributed by atoms with E-state index in [1.807, 2.05) is 18.2 Å². The quantitative estimate of drug-likeness (QED) is 0.909. The lowest BCUT2D eigenvalue weighted by atomic mass is 9.75. The molecule has 1 saturated carbocycles. The van der Waals surface area contributed by atoms with Crippen LogP contribution in [0.3, 0.4) is 0 Å². The summed E-state index contributed by atoms with van der Waals surface area (Å²) < 4.78 is 0. The molecule has 1 aliphatic carbocycles. The van der Waals surface area contributed by atoms with Crippen LogP contribution < -0.4 is 0 Å². The number of pyridine rings is 1. The molecule has 2 heteroatoms. The van der Waals surface area contributed by atoms with Crippen molar-refractivity contribution in [3.8, 4) is 0 Å². The van der Waals surface area contributed by atoms with Crippen molar-refractivity contribution in [1.82, 2.24) is 4.98 Å². The van der Waals surface area contributed by atoms with Gasteiger partial charge in [0.25, 0.3) is 0 Å². The van der Waals surface area contributed by atoms with Gasteiger partial charge in [-0.2, -0.15) is 0 Å². The summed E-state index contributed by atoms with van der Waals surface area (Å²) in [5.74, 6) is 0.675. The fourth-order valence-corrected chi connectivity index (χ4v) is 3.51. The van der Waals surface area contributed by atoms with Crippen molar-refractivity contribution in [1.29, 1.82) is 0 Å². The monoisotopic (exact) mass is 269 g/mol. The highest BCUT2D eigenvalue weighted by Gasteiger charge is 2.34. The highest BCUT2D eigenvalue weighted by molar-refractivity contribution is 5.78. The van der Waals surface area contributed by atoms with Crippen LogP contribution in [0.5, 0.6) is 0 Å². The van der Waals surface area contributed by atoms with Gasteiger partial charge < -0.3 is 5.11 Å². The zero-order valence-corrected chi connectivity index (χ0v) is 12.2. The van der Waals surface area contributed by atoms with Crippen LogP contribution in [0.25, 0.3) is 10.9 Å². The van der Waals surface area contributed by atoms with Crippen molar-refractivity contribution in [3.63, 3.8) is 0 Å². The average molecular weight is 269 g/mol. The number of aromatic nitrogens is 1. The zero-order valence-electron chi connectivity index (χ0n) is 12.2. The van der Waals surface area contributed by atoms with E-state index in [0.717, 1.165) is 30.5 Å². The lowest BCUT2D eigenvalue weighted by molar-refractivity contribution is -0.0168. The molecule has 1 aliphatic rings. The van der Waals surface area contributed by atoms with Gasteiger partial charge in [-0.3, -0.25) is 4.98 Å². The topological polar surface area (TPSA) is 33.1 Å². The average Bonchev–Trinajstić information content (AvgIpc) is 2.46. The predicted octanol–water partition coefficient (Wildman–Crippen LogP) is 4.11. The molecule has 2 atom stereocenters. The van der Waals surface area contributed by atoms with E-state index in [2.05, 4.69) is 25.1 Å². The molecule has 20 heavy (non-hydrogen) atoms. The number of benzene rings is 1. The van der Waals surface area contributed by atoms with Crippen molar-refractivity contribution in [3.05, 3.63) is 42.1 Å². The molecule has 1 aromatic heterocycles. The summed E-state index contributed by atoms with van der Waals surface area (Å²) in [4.78, 5) is 4.71. The molecule has 0 spiro atoms. The Hall–Kier alpha value is -1.41. The van der Waals surface area contributed by atoms with Gasteiger partial charge in [0.15, 0.2) is 0 Å². The van der Waals surface area contributed by atoms with Crippen LogP contribution in [0, 0.1) is 5.92 Å². The number of para-hydroxylation sites is 1. The minimum atomic E-state index is -0.547. The first-order chi connectivity index (χ1) is 9.68. The Kier molecular flexibility index (Phi) is 3.75. The molecule has 0 bridgehead atoms. The van der Waals surface area contributed by atoms with Gasteiger partial charge in [-0.25, -0.2) is 0 Å². The number of hydrogen-bond donors (Lipinski definition) is 1. The van der Waals surface area contributed by atoms with Crippen LogP contribution in [-0.2, 0) is 6.42 Å². The molecule has 0 aliphatic heterocycles. The van der Waals surface area contributed by atoms with Gasteiger partial charge in [-0.05, 0) is 30.9 Å². The number of hydrogen-bond acceptors (Lipinski definition) is 2. The molecule has 0 radical (unpaired) electrons. The maximum absolute atomic E-state index is 10.9. The van der Waals surface area contributed by atoms with Gasteiger partial charge >= 0.3 is 0 Å². The summed E-state index contributed by atoms with van der Waals surface area (Å²) in [6.07, 6.45) is 6.12. The minimum Gasteiger partial charge on any atom is -0.389 e. The number of rotatable bonds is 3. The molecule has 1 aromatic carbocycles. The van der Waals surface area contributed by atoms with Gasteiger partial charge in [0.05, 0.1) is 11.1 Å². The van der Waals surface area contributed by atoms with Crippen molar-refractivity contribution < 1.29 is 5.11 Å². The van der Waals surface area contributed by atoms with Crippen LogP contribution in [0.15, 0.2) is 36.4 Å². The summed E-state index contributed by atoms with van der Waals surface area (Å²) >= 11 is 0. The SMILES string of the molecule is CCC1CCCC(O)(Cc2ccc3ccccc3n2)C1. The Balaban J connectivity index is 1.81. The van der Waals surface area contributed by atoms with E-state index in [-0.39, 0.29) is 0 Å². The third-order valence-electron chi connectivity index (χ3n) is 4.67. The molecular weight excluding hydrogens is 246 g/mol. The number of fused-ring (bicyclic) bond motifs is 1. The number of nitrogens with zero attached hydrogens (tertiary/aromatic N) is 1. The molecule has 3 rings (SSSR count). The minimum absolute atomic E-state index is 0.547. The van der Waals surface area contributed by atoms with Gasteiger partial charge in [-0.15, -0.1) is 0 Å². The molecule has 1 fully saturated rings. The Morgan fingerprint density at radius 2 is 2.10 bits per heavy atom. The molecule has 1 N–H and O–H groups in total. The van der Waals surface area contributed by atoms with E-state index in [4.69, 9.17) is 4.98 Å². The highest BCUT2D eigenvalue weighted by Crippen LogP contribution is 2.36. The molecule has 2 unspecified atom stereocenters. The lowest BCUT2D eigenvalue weighted by Gasteiger charge is -2.36. The summed E-state index contributed by atoms with van der Waals surface area (Å²) in [5, 5.41) is 12.0. The largest absolute Gasteiger partial charge is 0.389 e. The van der Waals surface area contributed by atoms with Crippen LogP contribution in [-0.4, -0.2) is 15.7 Å². The molecular formula is C18H23NO. The molecule has 2 nitrogen and oxygen atoms in total. The lowest BCUT2D eigenvalue weighted by Crippen LogP contribution is -2.37. The van der Waals surface area contributed by atoms with Crippen LogP contribution in [0.4, 0.5) is 0 Å². The van der Waals surface area contributed by atoms with Gasteiger partial charge in [0, 0.05) is 17.5 Å². The Bertz CT molecular complexity index is 595. The fraction of sp³-hybridized carbons (Fsp3) is 0.500. The summed E-state index contributed by atoms with van der Waals surface area (Å²) in [6, 6.07) is 12.3. The first-order valence-electron chi connectivity index (χ1n) is 7.75. The van der Waals surface area contributed by atoms with Gasteiger partial charge in [0.2, 0.25) is 0 Å². The molecule has 0 saturated heterocycles. The Morgan fingerprint density at radius 1 is 1.25 bits per heavy atom. The summed E-state index contributed by atoms with van der Waals surface area (Å²) in [5.41, 5.74) is 1.49. The maximum Gasteiger partial charge on any atom is 0.0705 e. The second kappa shape index (κ2) is 5.53. The smallest absolute Gasteiger partial charge is 0.0705 e. The highest BCUT2D eigenvalue weighted by atomic mass is 16.3. The summed E-state index contributed by atoms with van der Waals surface area (Å²) in [7, 11) is 0. The van der Waals surface area contributed by atoms with Crippen LogP contribution >= 0.6 is 0 Å². The van der Waals surface area contributed by atoms with E-state index >= 15 is 0 Å². The van der Waals surface area contributed by atoms with E-state index < -0.39 is 5.60 Å². The Morgan fingerprint density at radius 3 is 2.95 bits per heavy atom. The molecule has 0 amide bonds. The third-order valence-corrected chi connectivity index (χ3v) is 4.67. The van der Waals surface area contributed by atoms with Crippen molar-refractivity contribution >= 4 is 10.9 Å². The van der Waals surface area contributed by atoms with E-state index in [0.29, 0.717) is 12.3 Å². The Labute approximate surface area is 120 Å². The van der Waals surface area contributed by atoms with Crippen molar-refractivity contribution in [2.75, 3.05) is 0 Å². The second-order valence-corrected chi connectivity index (χ2v) is 6.27. The van der Waals surface area contributed by atoms with E-state index in [9.17, 15) is 5.11 Å². The van der Waals surface area contributed by atoms with E-state index in [1.54, 1.807) is 0 Å². The normalized spacial score (nSPS) is 26.8. The molecule has 2 aromatic rings. The predicted molar refractivity (Wildman–Crippen MR) is 82.6 cm³/mol. The standard InChI is InChI=1S/C18H23NO/c1-2-14-6-5-11-18(20,12-14)13-16-10-9-15-7-3-4-8-17(15)19-16/h3-4,7-10,14,20H,2,5-6,11-13H2,1H3. The zero-order chi connectivity index (χ0) is 14.0. The van der Waals surface area contributed by atoms with Gasteiger partial charge in [0.1, 0.15) is 0 Å². The molecule has 1 heterocycles. The van der Waals surface area contributed by atoms with E-state index in [1.165, 1.54) is 18.2 Å². The van der Waals surface area contributed by atoms with Gasteiger partial charge in [-0.1, -0.05) is 50.5 Å². The van der Waals surface area contributed by atoms with Crippen LogP contribution in [0.2, 0.25) is 0 Å². The van der Waals surface area contributed by atoms with Crippen molar-refractivity contribution in [2.24, 2.45) is 5.92 Å². The van der Waals surface area contributed by atoms with Crippen LogP contribution in [0.1, 0.15) is 44.7 Å². The maximum atomic E-state index is 10.9. The van der Waals surface area contributed by atoms with Crippen molar-refractivity contribution in [2.45, 2.75) is 51.0 Å². The fourth-order valence-electron chi connectivity index (χ4n) is 3.51. The molecule has 106 valence electrons.